The van der Waals surface area contributed by atoms with Crippen LogP contribution < -0.4 is 25.8 Å². The molecule has 0 aromatic carbocycles. The van der Waals surface area contributed by atoms with Crippen LogP contribution in [0.4, 0.5) is 22.2 Å². The lowest BCUT2D eigenvalue weighted by molar-refractivity contribution is -0.115. The molecule has 3 aromatic rings. The summed E-state index contributed by atoms with van der Waals surface area (Å²) in [5.41, 5.74) is 2.95. The maximum absolute atomic E-state index is 12.1. The van der Waals surface area contributed by atoms with Crippen LogP contribution in [-0.4, -0.2) is 63.7 Å². The number of imide groups is 1. The van der Waals surface area contributed by atoms with Gasteiger partial charge >= 0.3 is 6.03 Å². The number of hydrogen-bond donors (Lipinski definition) is 3. The molecule has 182 valence electrons. The van der Waals surface area contributed by atoms with E-state index in [0.29, 0.717) is 54.8 Å². The van der Waals surface area contributed by atoms with Crippen LogP contribution in [0, 0.1) is 18.3 Å². The SMILES string of the molecule is Cc1c(N2CCN(c3ncccc3C#N)CC2)nc2c(C=C3NC(=O)NC3=O)cnn2c1NC1CC1. The zero-order chi connectivity index (χ0) is 24.8. The highest BCUT2D eigenvalue weighted by molar-refractivity contribution is 6.14. The van der Waals surface area contributed by atoms with Crippen molar-refractivity contribution in [3.8, 4) is 6.07 Å². The Labute approximate surface area is 206 Å². The molecule has 3 aliphatic rings. The third-order valence-electron chi connectivity index (χ3n) is 6.61. The highest BCUT2D eigenvalue weighted by Crippen LogP contribution is 2.33. The van der Waals surface area contributed by atoms with Crippen LogP contribution in [0.15, 0.2) is 30.2 Å². The third kappa shape index (κ3) is 3.84. The number of urea groups is 1. The largest absolute Gasteiger partial charge is 0.367 e. The lowest BCUT2D eigenvalue weighted by Gasteiger charge is -2.37. The molecule has 1 saturated carbocycles. The molecule has 3 amide bonds. The molecule has 0 spiro atoms. The molecule has 12 heteroatoms. The molecule has 3 aromatic heterocycles. The third-order valence-corrected chi connectivity index (χ3v) is 6.61. The van der Waals surface area contributed by atoms with Crippen LogP contribution in [0.3, 0.4) is 0 Å². The van der Waals surface area contributed by atoms with Gasteiger partial charge in [0.25, 0.3) is 5.91 Å². The standard InChI is InChI=1S/C24H24N10O2/c1-14-19(32-7-9-33(10-8-32)21-15(12-25)3-2-6-26-21)30-22-16(11-18-23(35)31-24(36)29-18)13-27-34(22)20(14)28-17-4-5-17/h2-3,6,11,13,17,28H,4-5,7-10H2,1H3,(H2,29,31,35,36). The summed E-state index contributed by atoms with van der Waals surface area (Å²) in [5.74, 6) is 1.94. The number of carbonyl (C=O) groups is 2. The quantitative estimate of drug-likeness (QED) is 0.361. The normalized spacial score (nSPS) is 18.9. The summed E-state index contributed by atoms with van der Waals surface area (Å²) in [6.45, 7) is 4.85. The fourth-order valence-electron chi connectivity index (χ4n) is 4.58. The predicted molar refractivity (Wildman–Crippen MR) is 132 cm³/mol. The topological polar surface area (TPSA) is 144 Å². The van der Waals surface area contributed by atoms with E-state index >= 15 is 0 Å². The second-order valence-electron chi connectivity index (χ2n) is 9.09. The Bertz CT molecular complexity index is 1460. The lowest BCUT2D eigenvalue weighted by atomic mass is 10.2. The van der Waals surface area contributed by atoms with Crippen molar-refractivity contribution in [3.05, 3.63) is 46.9 Å². The van der Waals surface area contributed by atoms with Crippen LogP contribution in [0.25, 0.3) is 11.7 Å². The summed E-state index contributed by atoms with van der Waals surface area (Å²) in [5, 5.41) is 22.3. The Kier molecular flexibility index (Phi) is 5.18. The fraction of sp³-hybridized carbons (Fsp3) is 0.333. The van der Waals surface area contributed by atoms with Crippen molar-refractivity contribution in [1.29, 1.82) is 5.26 Å². The molecule has 3 N–H and O–H groups in total. The number of hydrogen-bond acceptors (Lipinski definition) is 9. The van der Waals surface area contributed by atoms with E-state index in [1.165, 1.54) is 0 Å². The molecule has 5 heterocycles. The van der Waals surface area contributed by atoms with Crippen molar-refractivity contribution in [3.63, 3.8) is 0 Å². The van der Waals surface area contributed by atoms with Crippen molar-refractivity contribution in [2.24, 2.45) is 0 Å². The van der Waals surface area contributed by atoms with E-state index in [1.807, 2.05) is 6.92 Å². The summed E-state index contributed by atoms with van der Waals surface area (Å²) in [6, 6.07) is 5.64. The van der Waals surface area contributed by atoms with Crippen LogP contribution in [0.2, 0.25) is 0 Å². The number of nitriles is 1. The fourth-order valence-corrected chi connectivity index (χ4v) is 4.58. The zero-order valence-corrected chi connectivity index (χ0v) is 19.7. The molecule has 0 atom stereocenters. The number of pyridine rings is 1. The monoisotopic (exact) mass is 484 g/mol. The van der Waals surface area contributed by atoms with Gasteiger partial charge in [-0.1, -0.05) is 0 Å². The van der Waals surface area contributed by atoms with Gasteiger partial charge in [-0.25, -0.2) is 14.8 Å². The Morgan fingerprint density at radius 1 is 1.14 bits per heavy atom. The van der Waals surface area contributed by atoms with Crippen molar-refractivity contribution in [1.82, 2.24) is 30.2 Å². The minimum atomic E-state index is -0.548. The molecule has 0 unspecified atom stereocenters. The minimum absolute atomic E-state index is 0.160. The molecular formula is C24H24N10O2. The van der Waals surface area contributed by atoms with Gasteiger partial charge < -0.3 is 20.4 Å². The predicted octanol–water partition coefficient (Wildman–Crippen LogP) is 1.39. The van der Waals surface area contributed by atoms with Gasteiger partial charge in [-0.3, -0.25) is 10.1 Å². The summed E-state index contributed by atoms with van der Waals surface area (Å²) in [6.07, 6.45) is 7.16. The summed E-state index contributed by atoms with van der Waals surface area (Å²) < 4.78 is 1.77. The van der Waals surface area contributed by atoms with E-state index in [9.17, 15) is 14.9 Å². The number of aromatic nitrogens is 4. The summed E-state index contributed by atoms with van der Waals surface area (Å²) in [4.78, 5) is 37.4. The molecule has 2 aliphatic heterocycles. The van der Waals surface area contributed by atoms with E-state index in [-0.39, 0.29) is 5.70 Å². The number of piperazine rings is 1. The van der Waals surface area contributed by atoms with Crippen LogP contribution in [-0.2, 0) is 4.79 Å². The van der Waals surface area contributed by atoms with E-state index in [1.54, 1.807) is 35.1 Å². The van der Waals surface area contributed by atoms with Gasteiger partial charge in [0.15, 0.2) is 5.65 Å². The number of carbonyl (C=O) groups excluding carboxylic acids is 2. The number of fused-ring (bicyclic) bond motifs is 1. The highest BCUT2D eigenvalue weighted by atomic mass is 16.2. The first-order chi connectivity index (χ1) is 17.5. The molecule has 1 aliphatic carbocycles. The zero-order valence-electron chi connectivity index (χ0n) is 19.7. The van der Waals surface area contributed by atoms with Gasteiger partial charge in [-0.15, -0.1) is 0 Å². The molecule has 12 nitrogen and oxygen atoms in total. The second kappa shape index (κ2) is 8.53. The maximum Gasteiger partial charge on any atom is 0.326 e. The van der Waals surface area contributed by atoms with Crippen LogP contribution >= 0.6 is 0 Å². The maximum atomic E-state index is 12.1. The Balaban J connectivity index is 1.35. The van der Waals surface area contributed by atoms with E-state index in [0.717, 1.165) is 30.0 Å². The molecular weight excluding hydrogens is 460 g/mol. The molecule has 2 saturated heterocycles. The van der Waals surface area contributed by atoms with Crippen LogP contribution in [0.5, 0.6) is 0 Å². The highest BCUT2D eigenvalue weighted by Gasteiger charge is 2.29. The van der Waals surface area contributed by atoms with Crippen molar-refractivity contribution < 1.29 is 9.59 Å². The number of amides is 3. The molecule has 0 bridgehead atoms. The Morgan fingerprint density at radius 2 is 1.89 bits per heavy atom. The Hall–Kier alpha value is -4.66. The van der Waals surface area contributed by atoms with Crippen molar-refractivity contribution >= 4 is 41.1 Å². The van der Waals surface area contributed by atoms with E-state index < -0.39 is 11.9 Å². The van der Waals surface area contributed by atoms with Crippen molar-refractivity contribution in [2.75, 3.05) is 41.3 Å². The first kappa shape index (κ1) is 21.8. The number of nitrogens with one attached hydrogen (secondary N) is 3. The first-order valence-electron chi connectivity index (χ1n) is 11.9. The molecule has 0 radical (unpaired) electrons. The molecule has 6 rings (SSSR count). The molecule has 3 fully saturated rings. The number of nitrogens with zero attached hydrogens (tertiary/aromatic N) is 7. The van der Waals surface area contributed by atoms with Crippen LogP contribution in [0.1, 0.15) is 29.5 Å². The molecule has 36 heavy (non-hydrogen) atoms. The van der Waals surface area contributed by atoms with Gasteiger partial charge in [0.1, 0.15) is 29.2 Å². The van der Waals surface area contributed by atoms with Gasteiger partial charge in [0.2, 0.25) is 0 Å². The Morgan fingerprint density at radius 3 is 2.56 bits per heavy atom. The summed E-state index contributed by atoms with van der Waals surface area (Å²) >= 11 is 0. The summed E-state index contributed by atoms with van der Waals surface area (Å²) in [7, 11) is 0. The van der Waals surface area contributed by atoms with Gasteiger partial charge in [-0.05, 0) is 38.0 Å². The minimum Gasteiger partial charge on any atom is -0.367 e. The average Bonchev–Trinajstić information content (AvgIpc) is 3.54. The second-order valence-corrected chi connectivity index (χ2v) is 9.09. The first-order valence-corrected chi connectivity index (χ1v) is 11.9. The lowest BCUT2D eigenvalue weighted by Crippen LogP contribution is -2.47. The number of rotatable bonds is 5. The smallest absolute Gasteiger partial charge is 0.326 e. The van der Waals surface area contributed by atoms with E-state index in [2.05, 4.69) is 41.9 Å². The van der Waals surface area contributed by atoms with Gasteiger partial charge in [0.05, 0.1) is 11.8 Å². The average molecular weight is 485 g/mol. The van der Waals surface area contributed by atoms with Gasteiger partial charge in [0, 0.05) is 49.5 Å². The van der Waals surface area contributed by atoms with Gasteiger partial charge in [-0.2, -0.15) is 14.9 Å². The van der Waals surface area contributed by atoms with E-state index in [4.69, 9.17) is 4.98 Å². The number of anilines is 3. The van der Waals surface area contributed by atoms with Crippen molar-refractivity contribution in [2.45, 2.75) is 25.8 Å².